The summed E-state index contributed by atoms with van der Waals surface area (Å²) in [6.45, 7) is 5.12. The quantitative estimate of drug-likeness (QED) is 0.864. The number of nitrogens with one attached hydrogen (secondary N) is 1. The lowest BCUT2D eigenvalue weighted by Gasteiger charge is -2.16. The summed E-state index contributed by atoms with van der Waals surface area (Å²) in [5.41, 5.74) is 2.34. The first-order valence-corrected chi connectivity index (χ1v) is 5.85. The maximum Gasteiger partial charge on any atom is 0.130 e. The Kier molecular flexibility index (Phi) is 3.28. The Bertz CT molecular complexity index is 497. The highest BCUT2D eigenvalue weighted by atomic mass is 15.3. The van der Waals surface area contributed by atoms with Crippen LogP contribution in [0.25, 0.3) is 0 Å². The van der Waals surface area contributed by atoms with Crippen LogP contribution in [0, 0.1) is 6.92 Å². The summed E-state index contributed by atoms with van der Waals surface area (Å²) in [6.07, 6.45) is 5.76. The van der Waals surface area contributed by atoms with Gasteiger partial charge in [-0.25, -0.2) is 4.98 Å². The first-order valence-electron chi connectivity index (χ1n) is 5.85. The van der Waals surface area contributed by atoms with Crippen molar-refractivity contribution in [2.24, 2.45) is 7.05 Å². The van der Waals surface area contributed by atoms with Gasteiger partial charge >= 0.3 is 0 Å². The average molecular weight is 233 g/mol. The molecule has 0 amide bonds. The molecule has 0 saturated heterocycles. The van der Waals surface area contributed by atoms with Gasteiger partial charge in [-0.15, -0.1) is 0 Å². The Balaban J connectivity index is 2.44. The number of hydrogen-bond donors (Lipinski definition) is 1. The number of hydrogen-bond acceptors (Lipinski definition) is 3. The monoisotopic (exact) mass is 233 g/mol. The van der Waals surface area contributed by atoms with Crippen LogP contribution in [0.15, 0.2) is 18.6 Å². The van der Waals surface area contributed by atoms with Crippen molar-refractivity contribution in [3.8, 4) is 0 Å². The van der Waals surface area contributed by atoms with Crippen LogP contribution >= 0.6 is 0 Å². The van der Waals surface area contributed by atoms with Gasteiger partial charge in [0, 0.05) is 37.2 Å². The predicted molar refractivity (Wildman–Crippen MR) is 66.7 cm³/mol. The molecule has 0 aliphatic heterocycles. The van der Waals surface area contributed by atoms with Crippen LogP contribution in [0.5, 0.6) is 0 Å². The van der Waals surface area contributed by atoms with E-state index < -0.39 is 0 Å². The first kappa shape index (κ1) is 11.9. The zero-order valence-corrected chi connectivity index (χ0v) is 10.8. The minimum atomic E-state index is 0.0960. The Morgan fingerprint density at radius 2 is 2.24 bits per heavy atom. The lowest BCUT2D eigenvalue weighted by molar-refractivity contribution is 0.586. The molecule has 0 saturated carbocycles. The maximum atomic E-state index is 4.45. The average Bonchev–Trinajstić information content (AvgIpc) is 2.92. The van der Waals surface area contributed by atoms with Crippen molar-refractivity contribution in [2.45, 2.75) is 26.4 Å². The summed E-state index contributed by atoms with van der Waals surface area (Å²) >= 11 is 0. The summed E-state index contributed by atoms with van der Waals surface area (Å²) in [5, 5.41) is 7.60. The standard InChI is InChI=1S/C12H19N5/c1-5-17-7-6-14-12(17)11(13-3)10-8-15-16(4)9(10)2/h6-8,11,13H,5H2,1-4H3. The van der Waals surface area contributed by atoms with E-state index >= 15 is 0 Å². The minimum Gasteiger partial charge on any atom is -0.334 e. The van der Waals surface area contributed by atoms with Gasteiger partial charge in [-0.2, -0.15) is 5.10 Å². The van der Waals surface area contributed by atoms with Gasteiger partial charge in [-0.1, -0.05) is 0 Å². The van der Waals surface area contributed by atoms with Gasteiger partial charge in [-0.3, -0.25) is 4.68 Å². The number of aromatic nitrogens is 4. The molecule has 0 aromatic carbocycles. The van der Waals surface area contributed by atoms with Crippen LogP contribution in [0.4, 0.5) is 0 Å². The number of aryl methyl sites for hydroxylation is 2. The molecule has 2 aromatic heterocycles. The molecule has 0 spiro atoms. The van der Waals surface area contributed by atoms with E-state index in [-0.39, 0.29) is 6.04 Å². The summed E-state index contributed by atoms with van der Waals surface area (Å²) in [4.78, 5) is 4.45. The van der Waals surface area contributed by atoms with Crippen molar-refractivity contribution in [1.82, 2.24) is 24.6 Å². The molecule has 92 valence electrons. The lowest BCUT2D eigenvalue weighted by Crippen LogP contribution is -2.22. The fourth-order valence-electron chi connectivity index (χ4n) is 2.07. The normalized spacial score (nSPS) is 12.9. The summed E-state index contributed by atoms with van der Waals surface area (Å²) in [6, 6.07) is 0.0960. The van der Waals surface area contributed by atoms with Crippen LogP contribution in [0.2, 0.25) is 0 Å². The van der Waals surface area contributed by atoms with Crippen LogP contribution in [0.1, 0.15) is 30.0 Å². The Labute approximate surface area is 101 Å². The highest BCUT2D eigenvalue weighted by molar-refractivity contribution is 5.26. The van der Waals surface area contributed by atoms with E-state index in [0.29, 0.717) is 0 Å². The molecule has 2 heterocycles. The van der Waals surface area contributed by atoms with Gasteiger partial charge in [-0.05, 0) is 20.9 Å². The zero-order valence-electron chi connectivity index (χ0n) is 10.8. The third kappa shape index (κ3) is 1.98. The highest BCUT2D eigenvalue weighted by Crippen LogP contribution is 2.22. The summed E-state index contributed by atoms with van der Waals surface area (Å²) in [7, 11) is 3.91. The number of imidazole rings is 1. The molecule has 17 heavy (non-hydrogen) atoms. The molecule has 2 aromatic rings. The molecule has 5 nitrogen and oxygen atoms in total. The molecular weight excluding hydrogens is 214 g/mol. The van der Waals surface area contributed by atoms with Crippen LogP contribution in [-0.4, -0.2) is 26.4 Å². The van der Waals surface area contributed by atoms with E-state index in [1.807, 2.05) is 37.4 Å². The second kappa shape index (κ2) is 4.71. The first-order chi connectivity index (χ1) is 8.19. The van der Waals surface area contributed by atoms with Crippen LogP contribution in [-0.2, 0) is 13.6 Å². The van der Waals surface area contributed by atoms with Crippen molar-refractivity contribution < 1.29 is 0 Å². The zero-order chi connectivity index (χ0) is 12.4. The SMILES string of the molecule is CCn1ccnc1C(NC)c1cnn(C)c1C. The number of nitrogens with zero attached hydrogens (tertiary/aromatic N) is 4. The molecule has 5 heteroatoms. The Hall–Kier alpha value is -1.62. The number of rotatable bonds is 4. The molecule has 0 radical (unpaired) electrons. The van der Waals surface area contributed by atoms with Crippen molar-refractivity contribution in [2.75, 3.05) is 7.05 Å². The van der Waals surface area contributed by atoms with Gasteiger partial charge < -0.3 is 9.88 Å². The van der Waals surface area contributed by atoms with E-state index in [1.165, 1.54) is 5.56 Å². The molecule has 0 fully saturated rings. The Morgan fingerprint density at radius 3 is 2.76 bits per heavy atom. The molecule has 0 aliphatic carbocycles. The minimum absolute atomic E-state index is 0.0960. The molecule has 1 atom stereocenters. The summed E-state index contributed by atoms with van der Waals surface area (Å²) < 4.78 is 4.03. The van der Waals surface area contributed by atoms with Gasteiger partial charge in [0.15, 0.2) is 0 Å². The largest absolute Gasteiger partial charge is 0.334 e. The van der Waals surface area contributed by atoms with Gasteiger partial charge in [0.05, 0.1) is 12.2 Å². The van der Waals surface area contributed by atoms with E-state index in [0.717, 1.165) is 18.1 Å². The molecule has 1 N–H and O–H groups in total. The molecule has 0 bridgehead atoms. The fraction of sp³-hybridized carbons (Fsp3) is 0.500. The van der Waals surface area contributed by atoms with Gasteiger partial charge in [0.2, 0.25) is 0 Å². The van der Waals surface area contributed by atoms with E-state index in [9.17, 15) is 0 Å². The van der Waals surface area contributed by atoms with E-state index in [1.54, 1.807) is 0 Å². The smallest absolute Gasteiger partial charge is 0.130 e. The van der Waals surface area contributed by atoms with Crippen molar-refractivity contribution in [3.05, 3.63) is 35.7 Å². The second-order valence-electron chi connectivity index (χ2n) is 4.10. The molecular formula is C12H19N5. The second-order valence-corrected chi connectivity index (χ2v) is 4.10. The van der Waals surface area contributed by atoms with Crippen molar-refractivity contribution in [3.63, 3.8) is 0 Å². The van der Waals surface area contributed by atoms with Gasteiger partial charge in [0.1, 0.15) is 5.82 Å². The highest BCUT2D eigenvalue weighted by Gasteiger charge is 2.20. The molecule has 1 unspecified atom stereocenters. The third-order valence-corrected chi connectivity index (χ3v) is 3.22. The van der Waals surface area contributed by atoms with Crippen molar-refractivity contribution >= 4 is 0 Å². The molecule has 2 rings (SSSR count). The van der Waals surface area contributed by atoms with Crippen LogP contribution in [0.3, 0.4) is 0 Å². The third-order valence-electron chi connectivity index (χ3n) is 3.22. The lowest BCUT2D eigenvalue weighted by atomic mass is 10.1. The predicted octanol–water partition coefficient (Wildman–Crippen LogP) is 1.25. The van der Waals surface area contributed by atoms with E-state index in [2.05, 4.69) is 33.8 Å². The summed E-state index contributed by atoms with van der Waals surface area (Å²) in [5.74, 6) is 1.03. The topological polar surface area (TPSA) is 47.7 Å². The van der Waals surface area contributed by atoms with E-state index in [4.69, 9.17) is 0 Å². The van der Waals surface area contributed by atoms with Crippen LogP contribution < -0.4 is 5.32 Å². The van der Waals surface area contributed by atoms with Crippen molar-refractivity contribution in [1.29, 1.82) is 0 Å². The van der Waals surface area contributed by atoms with Gasteiger partial charge in [0.25, 0.3) is 0 Å². The Morgan fingerprint density at radius 1 is 1.47 bits per heavy atom. The fourth-order valence-corrected chi connectivity index (χ4v) is 2.07. The maximum absolute atomic E-state index is 4.45. The molecule has 0 aliphatic rings.